The molecule has 2 aromatic carbocycles. The van der Waals surface area contributed by atoms with E-state index in [-0.39, 0.29) is 10.6 Å². The third-order valence-electron chi connectivity index (χ3n) is 4.39. The molecular formula is C20H20F2N2O2S. The van der Waals surface area contributed by atoms with E-state index in [1.54, 1.807) is 31.2 Å². The number of aryl methyl sites for hydroxylation is 2. The first kappa shape index (κ1) is 19.2. The van der Waals surface area contributed by atoms with Crippen molar-refractivity contribution < 1.29 is 17.2 Å². The third kappa shape index (κ3) is 3.78. The van der Waals surface area contributed by atoms with E-state index >= 15 is 0 Å². The minimum absolute atomic E-state index is 0.136. The van der Waals surface area contributed by atoms with Gasteiger partial charge in [0.25, 0.3) is 6.43 Å². The van der Waals surface area contributed by atoms with Crippen LogP contribution < -0.4 is 0 Å². The van der Waals surface area contributed by atoms with Gasteiger partial charge in [0, 0.05) is 23.9 Å². The van der Waals surface area contributed by atoms with Crippen molar-refractivity contribution in [3.8, 4) is 22.4 Å². The average molecular weight is 390 g/mol. The minimum atomic E-state index is -3.34. The number of halogens is 2. The molecule has 0 aliphatic rings. The fraction of sp³-hybridized carbons (Fsp3) is 0.250. The minimum Gasteiger partial charge on any atom is -0.263 e. The van der Waals surface area contributed by atoms with E-state index < -0.39 is 16.3 Å². The van der Waals surface area contributed by atoms with Gasteiger partial charge in [0.1, 0.15) is 11.4 Å². The van der Waals surface area contributed by atoms with Gasteiger partial charge in [0.2, 0.25) is 0 Å². The Bertz CT molecular complexity index is 1050. The average Bonchev–Trinajstić information content (AvgIpc) is 3.01. The number of rotatable bonds is 5. The largest absolute Gasteiger partial charge is 0.280 e. The molecule has 142 valence electrons. The van der Waals surface area contributed by atoms with E-state index in [0.29, 0.717) is 28.9 Å². The summed E-state index contributed by atoms with van der Waals surface area (Å²) in [6, 6.07) is 13.5. The summed E-state index contributed by atoms with van der Waals surface area (Å²) in [6.45, 7) is 3.99. The summed E-state index contributed by atoms with van der Waals surface area (Å²) in [7, 11) is -3.34. The van der Waals surface area contributed by atoms with Gasteiger partial charge in [-0.05, 0) is 31.5 Å². The molecule has 1 aromatic heterocycles. The number of alkyl halides is 2. The molecule has 0 atom stereocenters. The second-order valence-electron chi connectivity index (χ2n) is 6.39. The second kappa shape index (κ2) is 7.23. The molecule has 0 bridgehead atoms. The second-order valence-corrected chi connectivity index (χ2v) is 8.40. The molecule has 1 heterocycles. The van der Waals surface area contributed by atoms with Crippen molar-refractivity contribution in [2.75, 3.05) is 6.26 Å². The summed E-state index contributed by atoms with van der Waals surface area (Å²) >= 11 is 0. The lowest BCUT2D eigenvalue weighted by Crippen LogP contribution is -2.03. The van der Waals surface area contributed by atoms with Crippen LogP contribution in [0.25, 0.3) is 22.4 Å². The van der Waals surface area contributed by atoms with Crippen LogP contribution in [0.1, 0.15) is 24.6 Å². The molecule has 0 radical (unpaired) electrons. The van der Waals surface area contributed by atoms with Crippen LogP contribution in [0.2, 0.25) is 0 Å². The van der Waals surface area contributed by atoms with Crippen LogP contribution in [0.4, 0.5) is 8.78 Å². The van der Waals surface area contributed by atoms with E-state index in [1.807, 2.05) is 19.1 Å². The third-order valence-corrected chi connectivity index (χ3v) is 5.52. The maximum atomic E-state index is 13.8. The number of hydrogen-bond donors (Lipinski definition) is 0. The Morgan fingerprint density at radius 2 is 1.56 bits per heavy atom. The summed E-state index contributed by atoms with van der Waals surface area (Å²) < 4.78 is 52.4. The standard InChI is InChI=1S/C20H20F2N2O2S/c1-4-24-19(20(21)22)17(14-7-5-13(2)6-8-14)18(23-24)15-9-11-16(12-10-15)27(3,25)26/h5-12,20H,4H2,1-3H3. The normalized spacial score (nSPS) is 11.9. The molecule has 3 aromatic rings. The molecular weight excluding hydrogens is 370 g/mol. The van der Waals surface area contributed by atoms with Crippen molar-refractivity contribution in [1.29, 1.82) is 0 Å². The van der Waals surface area contributed by atoms with E-state index in [0.717, 1.165) is 11.8 Å². The van der Waals surface area contributed by atoms with E-state index in [1.165, 1.54) is 16.8 Å². The van der Waals surface area contributed by atoms with Crippen LogP contribution in [-0.2, 0) is 16.4 Å². The summed E-state index contributed by atoms with van der Waals surface area (Å²) in [4.78, 5) is 0.173. The van der Waals surface area contributed by atoms with Gasteiger partial charge in [-0.3, -0.25) is 4.68 Å². The molecule has 0 aliphatic heterocycles. The van der Waals surface area contributed by atoms with Gasteiger partial charge in [0.15, 0.2) is 9.84 Å². The number of benzene rings is 2. The SMILES string of the molecule is CCn1nc(-c2ccc(S(C)(=O)=O)cc2)c(-c2ccc(C)cc2)c1C(F)F. The highest BCUT2D eigenvalue weighted by Crippen LogP contribution is 2.39. The van der Waals surface area contributed by atoms with Crippen molar-refractivity contribution in [3.63, 3.8) is 0 Å². The quantitative estimate of drug-likeness (QED) is 0.623. The maximum Gasteiger partial charge on any atom is 0.280 e. The molecule has 7 heteroatoms. The van der Waals surface area contributed by atoms with E-state index in [2.05, 4.69) is 5.10 Å². The topological polar surface area (TPSA) is 52.0 Å². The van der Waals surface area contributed by atoms with Gasteiger partial charge < -0.3 is 0 Å². The molecule has 0 fully saturated rings. The van der Waals surface area contributed by atoms with Crippen molar-refractivity contribution in [3.05, 3.63) is 59.8 Å². The predicted octanol–water partition coefficient (Wildman–Crippen LogP) is 4.89. The lowest BCUT2D eigenvalue weighted by molar-refractivity contribution is 0.140. The Morgan fingerprint density at radius 1 is 1.00 bits per heavy atom. The lowest BCUT2D eigenvalue weighted by Gasteiger charge is -2.09. The number of sulfone groups is 1. The molecule has 0 aliphatic carbocycles. The van der Waals surface area contributed by atoms with Gasteiger partial charge in [-0.1, -0.05) is 42.0 Å². The smallest absolute Gasteiger partial charge is 0.263 e. The molecule has 3 rings (SSSR count). The van der Waals surface area contributed by atoms with Gasteiger partial charge in [-0.2, -0.15) is 5.10 Å². The van der Waals surface area contributed by atoms with Crippen molar-refractivity contribution >= 4 is 9.84 Å². The summed E-state index contributed by atoms with van der Waals surface area (Å²) in [6.07, 6.45) is -1.56. The fourth-order valence-electron chi connectivity index (χ4n) is 3.00. The van der Waals surface area contributed by atoms with Gasteiger partial charge >= 0.3 is 0 Å². The van der Waals surface area contributed by atoms with Crippen LogP contribution in [0.3, 0.4) is 0 Å². The molecule has 0 amide bonds. The Morgan fingerprint density at radius 3 is 2.04 bits per heavy atom. The van der Waals surface area contributed by atoms with Gasteiger partial charge in [-0.15, -0.1) is 0 Å². The Hall–Kier alpha value is -2.54. The highest BCUT2D eigenvalue weighted by molar-refractivity contribution is 7.90. The molecule has 0 N–H and O–H groups in total. The van der Waals surface area contributed by atoms with Crippen LogP contribution in [0, 0.1) is 6.92 Å². The fourth-order valence-corrected chi connectivity index (χ4v) is 3.64. The molecule has 27 heavy (non-hydrogen) atoms. The summed E-state index contributed by atoms with van der Waals surface area (Å²) in [5.74, 6) is 0. The zero-order chi connectivity index (χ0) is 19.8. The Balaban J connectivity index is 2.24. The first-order chi connectivity index (χ1) is 12.7. The predicted molar refractivity (Wildman–Crippen MR) is 102 cm³/mol. The van der Waals surface area contributed by atoms with Crippen molar-refractivity contribution in [2.24, 2.45) is 0 Å². The van der Waals surface area contributed by atoms with E-state index in [4.69, 9.17) is 0 Å². The number of aromatic nitrogens is 2. The molecule has 0 unspecified atom stereocenters. The summed E-state index contributed by atoms with van der Waals surface area (Å²) in [5.41, 5.74) is 2.92. The van der Waals surface area contributed by atoms with Crippen LogP contribution in [-0.4, -0.2) is 24.5 Å². The van der Waals surface area contributed by atoms with Crippen LogP contribution in [0.15, 0.2) is 53.4 Å². The van der Waals surface area contributed by atoms with Gasteiger partial charge in [-0.25, -0.2) is 17.2 Å². The molecule has 0 saturated carbocycles. The van der Waals surface area contributed by atoms with Crippen molar-refractivity contribution in [2.45, 2.75) is 31.7 Å². The maximum absolute atomic E-state index is 13.8. The zero-order valence-corrected chi connectivity index (χ0v) is 16.1. The molecule has 4 nitrogen and oxygen atoms in total. The van der Waals surface area contributed by atoms with Crippen LogP contribution >= 0.6 is 0 Å². The Kier molecular flexibility index (Phi) is 5.15. The van der Waals surface area contributed by atoms with Crippen molar-refractivity contribution in [1.82, 2.24) is 9.78 Å². The molecule has 0 spiro atoms. The highest BCUT2D eigenvalue weighted by atomic mass is 32.2. The Labute approximate surface area is 157 Å². The number of hydrogen-bond acceptors (Lipinski definition) is 3. The number of nitrogens with zero attached hydrogens (tertiary/aromatic N) is 2. The first-order valence-electron chi connectivity index (χ1n) is 8.48. The van der Waals surface area contributed by atoms with Gasteiger partial charge in [0.05, 0.1) is 4.90 Å². The molecule has 0 saturated heterocycles. The lowest BCUT2D eigenvalue weighted by atomic mass is 9.98. The van der Waals surface area contributed by atoms with E-state index in [9.17, 15) is 17.2 Å². The van der Waals surface area contributed by atoms with Crippen LogP contribution in [0.5, 0.6) is 0 Å². The zero-order valence-electron chi connectivity index (χ0n) is 15.3. The monoisotopic (exact) mass is 390 g/mol. The summed E-state index contributed by atoms with van der Waals surface area (Å²) in [5, 5.41) is 4.40. The first-order valence-corrected chi connectivity index (χ1v) is 10.4. The highest BCUT2D eigenvalue weighted by Gasteiger charge is 2.26.